The Labute approximate surface area is 124 Å². The lowest BCUT2D eigenvalue weighted by Gasteiger charge is -2.27. The first-order chi connectivity index (χ1) is 9.41. The number of nitrogens with zero attached hydrogens (tertiary/aromatic N) is 3. The van der Waals surface area contributed by atoms with E-state index in [4.69, 9.17) is 5.73 Å². The summed E-state index contributed by atoms with van der Waals surface area (Å²) in [5, 5.41) is 9.21. The zero-order valence-corrected chi connectivity index (χ0v) is 13.6. The van der Waals surface area contributed by atoms with E-state index in [1.54, 1.807) is 11.8 Å². The van der Waals surface area contributed by atoms with Crippen molar-refractivity contribution in [2.75, 3.05) is 12.8 Å². The summed E-state index contributed by atoms with van der Waals surface area (Å²) < 4.78 is 25.4. The van der Waals surface area contributed by atoms with Gasteiger partial charge in [-0.1, -0.05) is 18.2 Å². The maximum absolute atomic E-state index is 11.7. The van der Waals surface area contributed by atoms with Gasteiger partial charge in [-0.2, -0.15) is 0 Å². The maximum Gasteiger partial charge on any atom is 0.191 e. The fraction of sp³-hybridized carbons (Fsp3) is 0.833. The van der Waals surface area contributed by atoms with E-state index in [2.05, 4.69) is 10.2 Å². The van der Waals surface area contributed by atoms with Gasteiger partial charge in [0.25, 0.3) is 0 Å². The second-order valence-corrected chi connectivity index (χ2v) is 8.92. The fourth-order valence-corrected chi connectivity index (χ4v) is 5.23. The number of rotatable bonds is 5. The van der Waals surface area contributed by atoms with Crippen LogP contribution in [0.25, 0.3) is 0 Å². The van der Waals surface area contributed by atoms with Crippen LogP contribution in [0, 0.1) is 6.92 Å². The molecule has 1 heterocycles. The predicted octanol–water partition coefficient (Wildman–Crippen LogP) is 0.993. The minimum atomic E-state index is -2.94. The number of aromatic nitrogens is 3. The molecule has 0 spiro atoms. The third-order valence-corrected chi connectivity index (χ3v) is 6.62. The highest BCUT2D eigenvalue weighted by atomic mass is 32.2. The normalized spacial score (nSPS) is 23.9. The molecule has 20 heavy (non-hydrogen) atoms. The summed E-state index contributed by atoms with van der Waals surface area (Å²) in [6, 6.07) is 0. The van der Waals surface area contributed by atoms with Crippen LogP contribution in [0.15, 0.2) is 5.16 Å². The molecule has 2 N–H and O–H groups in total. The lowest BCUT2D eigenvalue weighted by Crippen LogP contribution is -2.28. The van der Waals surface area contributed by atoms with Gasteiger partial charge in [0, 0.05) is 24.6 Å². The molecule has 0 bridgehead atoms. The Hall–Kier alpha value is -0.600. The monoisotopic (exact) mass is 318 g/mol. The summed E-state index contributed by atoms with van der Waals surface area (Å²) in [5.74, 6) is 0.855. The molecule has 0 aromatic carbocycles. The molecule has 1 aliphatic rings. The zero-order chi connectivity index (χ0) is 14.8. The highest BCUT2D eigenvalue weighted by molar-refractivity contribution is 7.99. The van der Waals surface area contributed by atoms with Gasteiger partial charge in [0.2, 0.25) is 0 Å². The highest BCUT2D eigenvalue weighted by Crippen LogP contribution is 2.35. The van der Waals surface area contributed by atoms with Gasteiger partial charge < -0.3 is 10.3 Å². The number of hydrogen-bond acceptors (Lipinski definition) is 6. The largest absolute Gasteiger partial charge is 0.329 e. The zero-order valence-electron chi connectivity index (χ0n) is 11.9. The minimum Gasteiger partial charge on any atom is -0.329 e. The topological polar surface area (TPSA) is 90.9 Å². The SMILES string of the molecule is Cc1nnc(SC2CCCC(S(C)(=O)=O)C2)n1CCN. The smallest absolute Gasteiger partial charge is 0.191 e. The molecule has 1 aliphatic carbocycles. The Kier molecular flexibility index (Phi) is 5.09. The Morgan fingerprint density at radius 1 is 1.40 bits per heavy atom. The van der Waals surface area contributed by atoms with Gasteiger partial charge in [-0.25, -0.2) is 8.42 Å². The Morgan fingerprint density at radius 2 is 2.15 bits per heavy atom. The van der Waals surface area contributed by atoms with Gasteiger partial charge in [-0.15, -0.1) is 10.2 Å². The van der Waals surface area contributed by atoms with Crippen molar-refractivity contribution < 1.29 is 8.42 Å². The second-order valence-electron chi connectivity index (χ2n) is 5.33. The van der Waals surface area contributed by atoms with E-state index in [0.717, 1.165) is 30.2 Å². The van der Waals surface area contributed by atoms with Crippen LogP contribution in [0.2, 0.25) is 0 Å². The Bertz CT molecular complexity index is 556. The average Bonchev–Trinajstić information content (AvgIpc) is 2.71. The van der Waals surface area contributed by atoms with Crippen LogP contribution in [-0.4, -0.2) is 46.5 Å². The number of aryl methyl sites for hydroxylation is 1. The molecule has 8 heteroatoms. The van der Waals surface area contributed by atoms with Crippen molar-refractivity contribution in [3.8, 4) is 0 Å². The molecule has 2 rings (SSSR count). The molecule has 0 amide bonds. The molecule has 2 unspecified atom stereocenters. The first-order valence-corrected chi connectivity index (χ1v) is 9.70. The van der Waals surface area contributed by atoms with E-state index in [1.807, 2.05) is 11.5 Å². The molecule has 2 atom stereocenters. The number of thioether (sulfide) groups is 1. The van der Waals surface area contributed by atoms with Gasteiger partial charge in [0.15, 0.2) is 5.16 Å². The van der Waals surface area contributed by atoms with Crippen LogP contribution in [0.4, 0.5) is 0 Å². The molecule has 1 aromatic rings. The van der Waals surface area contributed by atoms with E-state index >= 15 is 0 Å². The second kappa shape index (κ2) is 6.44. The van der Waals surface area contributed by atoms with E-state index < -0.39 is 9.84 Å². The lowest BCUT2D eigenvalue weighted by atomic mass is 10.00. The van der Waals surface area contributed by atoms with Crippen molar-refractivity contribution >= 4 is 21.6 Å². The third-order valence-electron chi connectivity index (χ3n) is 3.71. The van der Waals surface area contributed by atoms with Crippen molar-refractivity contribution in [2.24, 2.45) is 5.73 Å². The van der Waals surface area contributed by atoms with Crippen LogP contribution in [0.5, 0.6) is 0 Å². The van der Waals surface area contributed by atoms with E-state index in [9.17, 15) is 8.42 Å². The van der Waals surface area contributed by atoms with Crippen molar-refractivity contribution in [3.05, 3.63) is 5.82 Å². The van der Waals surface area contributed by atoms with E-state index in [1.165, 1.54) is 6.26 Å². The van der Waals surface area contributed by atoms with Gasteiger partial charge in [0.05, 0.1) is 5.25 Å². The van der Waals surface area contributed by atoms with Gasteiger partial charge in [0.1, 0.15) is 15.7 Å². The highest BCUT2D eigenvalue weighted by Gasteiger charge is 2.30. The Morgan fingerprint density at radius 3 is 2.80 bits per heavy atom. The summed E-state index contributed by atoms with van der Waals surface area (Å²) in [7, 11) is -2.94. The first kappa shape index (κ1) is 15.8. The number of sulfone groups is 1. The van der Waals surface area contributed by atoms with Crippen molar-refractivity contribution in [1.82, 2.24) is 14.8 Å². The molecule has 6 nitrogen and oxygen atoms in total. The first-order valence-electron chi connectivity index (χ1n) is 6.87. The average molecular weight is 318 g/mol. The minimum absolute atomic E-state index is 0.208. The molecule has 114 valence electrons. The van der Waals surface area contributed by atoms with Gasteiger partial charge >= 0.3 is 0 Å². The molecule has 1 fully saturated rings. The van der Waals surface area contributed by atoms with Crippen molar-refractivity contribution in [3.63, 3.8) is 0 Å². The summed E-state index contributed by atoms with van der Waals surface area (Å²) in [4.78, 5) is 0. The van der Waals surface area contributed by atoms with Crippen LogP contribution in [-0.2, 0) is 16.4 Å². The standard InChI is InChI=1S/C12H22N4O2S2/c1-9-14-15-12(16(9)7-6-13)19-10-4-3-5-11(8-10)20(2,17)18/h10-11H,3-8,13H2,1-2H3. The van der Waals surface area contributed by atoms with Crippen molar-refractivity contribution in [2.45, 2.75) is 54.8 Å². The fourth-order valence-electron chi connectivity index (χ4n) is 2.58. The molecule has 0 aliphatic heterocycles. The third kappa shape index (κ3) is 3.73. The predicted molar refractivity (Wildman–Crippen MR) is 80.6 cm³/mol. The van der Waals surface area contributed by atoms with Crippen LogP contribution in [0.1, 0.15) is 31.5 Å². The van der Waals surface area contributed by atoms with Crippen molar-refractivity contribution in [1.29, 1.82) is 0 Å². The van der Waals surface area contributed by atoms with Crippen LogP contribution >= 0.6 is 11.8 Å². The summed E-state index contributed by atoms with van der Waals surface area (Å²) in [6.07, 6.45) is 4.82. The number of nitrogens with two attached hydrogens (primary N) is 1. The molecular formula is C12H22N4O2S2. The molecular weight excluding hydrogens is 296 g/mol. The molecule has 1 aromatic heterocycles. The lowest BCUT2D eigenvalue weighted by molar-refractivity contribution is 0.493. The summed E-state index contributed by atoms with van der Waals surface area (Å²) in [6.45, 7) is 3.15. The Balaban J connectivity index is 2.06. The molecule has 1 saturated carbocycles. The van der Waals surface area contributed by atoms with Crippen LogP contribution < -0.4 is 5.73 Å². The number of hydrogen-bond donors (Lipinski definition) is 1. The van der Waals surface area contributed by atoms with E-state index in [0.29, 0.717) is 24.8 Å². The van der Waals surface area contributed by atoms with Crippen LogP contribution in [0.3, 0.4) is 0 Å². The van der Waals surface area contributed by atoms with Gasteiger partial charge in [-0.05, 0) is 26.2 Å². The van der Waals surface area contributed by atoms with Gasteiger partial charge in [-0.3, -0.25) is 0 Å². The van der Waals surface area contributed by atoms with E-state index in [-0.39, 0.29) is 5.25 Å². The quantitative estimate of drug-likeness (QED) is 0.870. The molecule has 0 saturated heterocycles. The maximum atomic E-state index is 11.7. The summed E-state index contributed by atoms with van der Waals surface area (Å²) in [5.41, 5.74) is 5.60. The molecule has 0 radical (unpaired) electrons. The summed E-state index contributed by atoms with van der Waals surface area (Å²) >= 11 is 1.64.